The van der Waals surface area contributed by atoms with Crippen molar-refractivity contribution in [1.29, 1.82) is 0 Å². The van der Waals surface area contributed by atoms with Crippen molar-refractivity contribution in [3.63, 3.8) is 0 Å². The minimum atomic E-state index is -4.57. The lowest BCUT2D eigenvalue weighted by Gasteiger charge is -2.41. The van der Waals surface area contributed by atoms with Crippen LogP contribution in [0.4, 0.5) is 13.2 Å². The first kappa shape index (κ1) is 32.5. The summed E-state index contributed by atoms with van der Waals surface area (Å²) >= 11 is 6.39. The van der Waals surface area contributed by atoms with Crippen LogP contribution < -0.4 is 14.6 Å². The minimum Gasteiger partial charge on any atom is -0.494 e. The Morgan fingerprint density at radius 1 is 1.02 bits per heavy atom. The Hall–Kier alpha value is -2.01. The Labute approximate surface area is 235 Å². The fourth-order valence-electron chi connectivity index (χ4n) is 4.12. The molecule has 1 aliphatic heterocycles. The second-order valence-electron chi connectivity index (χ2n) is 9.36. The summed E-state index contributed by atoms with van der Waals surface area (Å²) in [5.41, 5.74) is 1.95. The van der Waals surface area contributed by atoms with E-state index < -0.39 is 60.1 Å². The predicted octanol–water partition coefficient (Wildman–Crippen LogP) is 1.98. The van der Waals surface area contributed by atoms with E-state index >= 15 is 0 Å². The normalized spacial score (nSPS) is 23.8. The fraction of sp³-hybridized carbons (Fsp3) is 0.520. The van der Waals surface area contributed by atoms with E-state index in [1.54, 1.807) is 30.3 Å². The Bertz CT molecular complexity index is 1200. The summed E-state index contributed by atoms with van der Waals surface area (Å²) in [5.74, 6) is 0.619. The predicted molar refractivity (Wildman–Crippen MR) is 139 cm³/mol. The van der Waals surface area contributed by atoms with Crippen LogP contribution in [0.1, 0.15) is 35.6 Å². The molecule has 15 heteroatoms. The minimum absolute atomic E-state index is 0.218. The number of alkyl halides is 3. The number of nitrogens with two attached hydrogens (primary N) is 1. The molecule has 5 atom stereocenters. The molecule has 2 aromatic rings. The van der Waals surface area contributed by atoms with Crippen molar-refractivity contribution in [2.75, 3.05) is 26.4 Å². The number of aliphatic hydroxyl groups is 3. The maximum Gasteiger partial charge on any atom is 0.411 e. The number of hydrogen-bond acceptors (Lipinski definition) is 8. The summed E-state index contributed by atoms with van der Waals surface area (Å²) in [6.45, 7) is -1.58. The Balaban J connectivity index is 1.60. The third-order valence-electron chi connectivity index (χ3n) is 6.12. The number of nitrogens with one attached hydrogen (secondary N) is 1. The van der Waals surface area contributed by atoms with Gasteiger partial charge in [-0.05, 0) is 54.2 Å². The van der Waals surface area contributed by atoms with Gasteiger partial charge in [-0.25, -0.2) is 9.86 Å². The summed E-state index contributed by atoms with van der Waals surface area (Å²) in [4.78, 5) is 0. The van der Waals surface area contributed by atoms with Crippen molar-refractivity contribution in [3.8, 4) is 5.75 Å². The molecular formula is C25H32ClF3N2O8S. The molecule has 0 aromatic heterocycles. The van der Waals surface area contributed by atoms with Gasteiger partial charge >= 0.3 is 6.18 Å². The van der Waals surface area contributed by atoms with Crippen LogP contribution in [-0.4, -0.2) is 80.7 Å². The third-order valence-corrected chi connectivity index (χ3v) is 7.09. The second kappa shape index (κ2) is 14.2. The van der Waals surface area contributed by atoms with Crippen LogP contribution in [-0.2, 0) is 26.1 Å². The number of benzene rings is 2. The Kier molecular flexibility index (Phi) is 11.6. The van der Waals surface area contributed by atoms with Crippen molar-refractivity contribution >= 4 is 21.8 Å². The molecule has 5 unspecified atom stereocenters. The fourth-order valence-corrected chi connectivity index (χ4v) is 4.73. The van der Waals surface area contributed by atoms with Crippen molar-refractivity contribution < 1.29 is 51.1 Å². The van der Waals surface area contributed by atoms with Gasteiger partial charge in [-0.1, -0.05) is 35.9 Å². The highest BCUT2D eigenvalue weighted by atomic mass is 35.5. The number of halogens is 4. The third kappa shape index (κ3) is 10.1. The molecule has 0 aliphatic carbocycles. The molecule has 10 nitrogen and oxygen atoms in total. The first-order chi connectivity index (χ1) is 18.7. The molecule has 0 bridgehead atoms. The summed E-state index contributed by atoms with van der Waals surface area (Å²) in [6.07, 6.45) is -10.3. The van der Waals surface area contributed by atoms with Gasteiger partial charge in [-0.15, -0.1) is 0 Å². The topological polar surface area (TPSA) is 161 Å². The summed E-state index contributed by atoms with van der Waals surface area (Å²) in [7, 11) is -3.70. The Morgan fingerprint density at radius 2 is 1.73 bits per heavy atom. The molecule has 1 heterocycles. The van der Waals surface area contributed by atoms with Crippen LogP contribution in [0.5, 0.6) is 5.75 Å². The van der Waals surface area contributed by atoms with E-state index in [1.807, 2.05) is 12.1 Å². The van der Waals surface area contributed by atoms with Crippen LogP contribution in [0.3, 0.4) is 0 Å². The molecule has 224 valence electrons. The lowest BCUT2D eigenvalue weighted by atomic mass is 9.90. The van der Waals surface area contributed by atoms with Crippen molar-refractivity contribution in [2.45, 2.75) is 56.0 Å². The first-order valence-electron chi connectivity index (χ1n) is 12.3. The van der Waals surface area contributed by atoms with Crippen LogP contribution in [0.25, 0.3) is 0 Å². The van der Waals surface area contributed by atoms with Crippen molar-refractivity contribution in [2.24, 2.45) is 5.14 Å². The molecule has 3 rings (SSSR count). The average molecular weight is 613 g/mol. The highest BCUT2D eigenvalue weighted by Crippen LogP contribution is 2.35. The molecule has 1 aliphatic rings. The molecule has 2 aromatic carbocycles. The molecule has 0 saturated carbocycles. The smallest absolute Gasteiger partial charge is 0.411 e. The standard InChI is InChI=1S/C25H32ClF3N2O8S/c26-19-8-5-16(24-23(34)22(33)21(32)20(39-24)13-37-14-25(27,28)29)12-17(19)11-15-3-6-18(7-4-15)38-10-2-1-9-31-40(30,35)36/h3-8,12,20-24,31-34H,1-2,9-11,13-14H2,(H2,30,35,36). The van der Waals surface area contributed by atoms with Gasteiger partial charge < -0.3 is 29.5 Å². The molecule has 0 spiro atoms. The van der Waals surface area contributed by atoms with E-state index in [9.17, 15) is 36.9 Å². The largest absolute Gasteiger partial charge is 0.494 e. The zero-order valence-corrected chi connectivity index (χ0v) is 22.8. The monoisotopic (exact) mass is 612 g/mol. The number of ether oxygens (including phenoxy) is 3. The Morgan fingerprint density at radius 3 is 2.38 bits per heavy atom. The summed E-state index contributed by atoms with van der Waals surface area (Å²) in [5, 5.41) is 36.3. The molecular weight excluding hydrogens is 581 g/mol. The van der Waals surface area contributed by atoms with Gasteiger partial charge in [0, 0.05) is 11.6 Å². The quantitative estimate of drug-likeness (QED) is 0.215. The van der Waals surface area contributed by atoms with Crippen LogP contribution >= 0.6 is 11.6 Å². The SMILES string of the molecule is NS(=O)(=O)NCCCCOc1ccc(Cc2cc(C3OC(COCC(F)(F)F)C(O)C(O)C3O)ccc2Cl)cc1. The van der Waals surface area contributed by atoms with E-state index in [-0.39, 0.29) is 6.54 Å². The number of aliphatic hydroxyl groups excluding tert-OH is 3. The second-order valence-corrected chi connectivity index (χ2v) is 11.1. The molecule has 6 N–H and O–H groups in total. The average Bonchev–Trinajstić information content (AvgIpc) is 2.87. The van der Waals surface area contributed by atoms with Crippen LogP contribution in [0, 0.1) is 0 Å². The zero-order chi connectivity index (χ0) is 29.5. The molecule has 40 heavy (non-hydrogen) atoms. The van der Waals surface area contributed by atoms with Gasteiger partial charge in [0.2, 0.25) is 0 Å². The highest BCUT2D eigenvalue weighted by Gasteiger charge is 2.44. The van der Waals surface area contributed by atoms with Gasteiger partial charge in [-0.2, -0.15) is 21.6 Å². The van der Waals surface area contributed by atoms with Gasteiger partial charge in [0.15, 0.2) is 0 Å². The van der Waals surface area contributed by atoms with Gasteiger partial charge in [-0.3, -0.25) is 0 Å². The maximum atomic E-state index is 12.4. The highest BCUT2D eigenvalue weighted by molar-refractivity contribution is 7.87. The van der Waals surface area contributed by atoms with Gasteiger partial charge in [0.05, 0.1) is 13.2 Å². The van der Waals surface area contributed by atoms with Crippen molar-refractivity contribution in [3.05, 3.63) is 64.2 Å². The summed E-state index contributed by atoms with van der Waals surface area (Å²) in [6, 6.07) is 12.0. The molecule has 1 saturated heterocycles. The number of hydrogen-bond donors (Lipinski definition) is 5. The molecule has 1 fully saturated rings. The van der Waals surface area contributed by atoms with E-state index in [2.05, 4.69) is 9.46 Å². The molecule has 0 amide bonds. The number of rotatable bonds is 13. The maximum absolute atomic E-state index is 12.4. The van der Waals surface area contributed by atoms with E-state index in [0.717, 1.165) is 5.56 Å². The lowest BCUT2D eigenvalue weighted by Crippen LogP contribution is -2.55. The van der Waals surface area contributed by atoms with E-state index in [0.29, 0.717) is 47.8 Å². The van der Waals surface area contributed by atoms with E-state index in [4.69, 9.17) is 26.2 Å². The summed E-state index contributed by atoms with van der Waals surface area (Å²) < 4.78 is 77.1. The van der Waals surface area contributed by atoms with Crippen LogP contribution in [0.15, 0.2) is 42.5 Å². The zero-order valence-electron chi connectivity index (χ0n) is 21.3. The van der Waals surface area contributed by atoms with Gasteiger partial charge in [0.1, 0.15) is 42.9 Å². The van der Waals surface area contributed by atoms with E-state index in [1.165, 1.54) is 0 Å². The van der Waals surface area contributed by atoms with Crippen LogP contribution in [0.2, 0.25) is 5.02 Å². The number of unbranched alkanes of at least 4 members (excludes halogenated alkanes) is 1. The van der Waals surface area contributed by atoms with Crippen molar-refractivity contribution in [1.82, 2.24) is 4.72 Å². The molecule has 0 radical (unpaired) electrons. The first-order valence-corrected chi connectivity index (χ1v) is 14.3. The lowest BCUT2D eigenvalue weighted by molar-refractivity contribution is -0.244. The van der Waals surface area contributed by atoms with Gasteiger partial charge in [0.25, 0.3) is 10.2 Å².